The van der Waals surface area contributed by atoms with E-state index in [1.807, 2.05) is 43.0 Å². The Balaban J connectivity index is 2.53. The highest BCUT2D eigenvalue weighted by molar-refractivity contribution is 5.67. The third-order valence-electron chi connectivity index (χ3n) is 2.80. The van der Waals surface area contributed by atoms with E-state index in [0.717, 1.165) is 17.8 Å². The lowest BCUT2D eigenvalue weighted by Crippen LogP contribution is -2.20. The van der Waals surface area contributed by atoms with Gasteiger partial charge in [-0.1, -0.05) is 18.2 Å². The average molecular weight is 238 g/mol. The molecule has 0 bridgehead atoms. The Kier molecular flexibility index (Phi) is 3.54. The van der Waals surface area contributed by atoms with Crippen molar-refractivity contribution < 1.29 is 0 Å². The second kappa shape index (κ2) is 5.28. The van der Waals surface area contributed by atoms with E-state index in [9.17, 15) is 0 Å². The van der Waals surface area contributed by atoms with Gasteiger partial charge in [-0.3, -0.25) is 0 Å². The summed E-state index contributed by atoms with van der Waals surface area (Å²) in [5, 5.41) is 17.1. The molecule has 0 unspecified atom stereocenters. The molecule has 0 saturated heterocycles. The number of anilines is 2. The summed E-state index contributed by atoms with van der Waals surface area (Å²) in [4.78, 5) is 2.00. The Hall–Kier alpha value is -2.41. The number of aryl methyl sites for hydroxylation is 1. The van der Waals surface area contributed by atoms with Crippen LogP contribution in [0.3, 0.4) is 0 Å². The van der Waals surface area contributed by atoms with Crippen LogP contribution in [0.5, 0.6) is 0 Å². The normalized spacial score (nSPS) is 9.83. The molecule has 2 rings (SSSR count). The fraction of sp³-hybridized carbons (Fsp3) is 0.214. The quantitative estimate of drug-likeness (QED) is 0.825. The van der Waals surface area contributed by atoms with Crippen LogP contribution >= 0.6 is 0 Å². The minimum Gasteiger partial charge on any atom is -0.324 e. The number of para-hydroxylation sites is 1. The average Bonchev–Trinajstić information content (AvgIpc) is 2.42. The number of benzene rings is 1. The van der Waals surface area contributed by atoms with Crippen molar-refractivity contribution in [1.29, 1.82) is 5.26 Å². The first-order valence-electron chi connectivity index (χ1n) is 5.83. The predicted octanol–water partition coefficient (Wildman–Crippen LogP) is 2.81. The lowest BCUT2D eigenvalue weighted by atomic mass is 10.1. The fourth-order valence-corrected chi connectivity index (χ4v) is 1.91. The highest BCUT2D eigenvalue weighted by Crippen LogP contribution is 2.27. The standard InChI is InChI=1S/C14H14N4/c1-3-18(13-7-5-4-6-11(13)2)14-12(10-15)8-9-16-17-14/h4-9H,3H2,1-2H3. The smallest absolute Gasteiger partial charge is 0.173 e. The van der Waals surface area contributed by atoms with E-state index in [1.165, 1.54) is 6.20 Å². The maximum atomic E-state index is 9.13. The summed E-state index contributed by atoms with van der Waals surface area (Å²) in [6.45, 7) is 4.81. The second-order valence-corrected chi connectivity index (χ2v) is 3.91. The van der Waals surface area contributed by atoms with Crippen molar-refractivity contribution in [2.24, 2.45) is 0 Å². The number of hydrogen-bond acceptors (Lipinski definition) is 4. The number of hydrogen-bond donors (Lipinski definition) is 0. The van der Waals surface area contributed by atoms with Crippen molar-refractivity contribution >= 4 is 11.5 Å². The largest absolute Gasteiger partial charge is 0.324 e. The van der Waals surface area contributed by atoms with Gasteiger partial charge < -0.3 is 4.90 Å². The van der Waals surface area contributed by atoms with Gasteiger partial charge in [-0.15, -0.1) is 5.10 Å². The molecule has 0 aliphatic rings. The zero-order valence-electron chi connectivity index (χ0n) is 10.5. The van der Waals surface area contributed by atoms with Crippen LogP contribution in [0.1, 0.15) is 18.1 Å². The molecule has 4 nitrogen and oxygen atoms in total. The Morgan fingerprint density at radius 2 is 2.06 bits per heavy atom. The zero-order chi connectivity index (χ0) is 13.0. The summed E-state index contributed by atoms with van der Waals surface area (Å²) >= 11 is 0. The van der Waals surface area contributed by atoms with Gasteiger partial charge in [0, 0.05) is 12.2 Å². The Morgan fingerprint density at radius 3 is 2.72 bits per heavy atom. The molecule has 0 fully saturated rings. The summed E-state index contributed by atoms with van der Waals surface area (Å²) in [6.07, 6.45) is 1.54. The van der Waals surface area contributed by atoms with Crippen molar-refractivity contribution in [3.63, 3.8) is 0 Å². The number of nitriles is 1. The molecule has 0 aliphatic carbocycles. The van der Waals surface area contributed by atoms with E-state index < -0.39 is 0 Å². The molecule has 4 heteroatoms. The lowest BCUT2D eigenvalue weighted by Gasteiger charge is -2.23. The SMILES string of the molecule is CCN(c1ccccc1C)c1nnccc1C#N. The van der Waals surface area contributed by atoms with E-state index in [4.69, 9.17) is 5.26 Å². The fourth-order valence-electron chi connectivity index (χ4n) is 1.91. The van der Waals surface area contributed by atoms with E-state index in [1.54, 1.807) is 6.07 Å². The van der Waals surface area contributed by atoms with Crippen LogP contribution in [0.4, 0.5) is 11.5 Å². The first kappa shape index (κ1) is 12.1. The van der Waals surface area contributed by atoms with Gasteiger partial charge in [0.1, 0.15) is 6.07 Å². The summed E-state index contributed by atoms with van der Waals surface area (Å²) < 4.78 is 0. The van der Waals surface area contributed by atoms with Gasteiger partial charge in [0.2, 0.25) is 0 Å². The maximum absolute atomic E-state index is 9.13. The van der Waals surface area contributed by atoms with Crippen LogP contribution < -0.4 is 4.90 Å². The van der Waals surface area contributed by atoms with Crippen LogP contribution in [0.25, 0.3) is 0 Å². The van der Waals surface area contributed by atoms with Crippen molar-refractivity contribution in [2.75, 3.05) is 11.4 Å². The molecule has 2 aromatic rings. The minimum absolute atomic E-state index is 0.537. The van der Waals surface area contributed by atoms with Gasteiger partial charge in [-0.2, -0.15) is 10.4 Å². The van der Waals surface area contributed by atoms with Crippen LogP contribution in [-0.2, 0) is 0 Å². The van der Waals surface area contributed by atoms with Crippen molar-refractivity contribution in [2.45, 2.75) is 13.8 Å². The molecule has 0 amide bonds. The first-order chi connectivity index (χ1) is 8.77. The van der Waals surface area contributed by atoms with Crippen LogP contribution in [0.2, 0.25) is 0 Å². The highest BCUT2D eigenvalue weighted by Gasteiger charge is 2.14. The van der Waals surface area contributed by atoms with Crippen molar-refractivity contribution in [1.82, 2.24) is 10.2 Å². The summed E-state index contributed by atoms with van der Waals surface area (Å²) in [5.74, 6) is 0.608. The molecule has 1 aromatic carbocycles. The number of nitrogens with zero attached hydrogens (tertiary/aromatic N) is 4. The Morgan fingerprint density at radius 1 is 1.28 bits per heavy atom. The third kappa shape index (κ3) is 2.16. The minimum atomic E-state index is 0.537. The van der Waals surface area contributed by atoms with Crippen LogP contribution in [0.15, 0.2) is 36.5 Å². The molecule has 90 valence electrons. The summed E-state index contributed by atoms with van der Waals surface area (Å²) in [5.41, 5.74) is 2.74. The van der Waals surface area contributed by atoms with Crippen LogP contribution in [0, 0.1) is 18.3 Å². The lowest BCUT2D eigenvalue weighted by molar-refractivity contribution is 0.923. The molecule has 0 aliphatic heterocycles. The molecule has 1 aromatic heterocycles. The summed E-state index contributed by atoms with van der Waals surface area (Å²) in [7, 11) is 0. The number of aromatic nitrogens is 2. The molecular weight excluding hydrogens is 224 g/mol. The molecule has 0 N–H and O–H groups in total. The van der Waals surface area contributed by atoms with Gasteiger partial charge in [0.25, 0.3) is 0 Å². The first-order valence-corrected chi connectivity index (χ1v) is 5.83. The predicted molar refractivity (Wildman–Crippen MR) is 70.6 cm³/mol. The third-order valence-corrected chi connectivity index (χ3v) is 2.80. The summed E-state index contributed by atoms with van der Waals surface area (Å²) in [6, 6.07) is 11.9. The van der Waals surface area contributed by atoms with Crippen molar-refractivity contribution in [3.05, 3.63) is 47.7 Å². The molecule has 18 heavy (non-hydrogen) atoms. The monoisotopic (exact) mass is 238 g/mol. The van der Waals surface area contributed by atoms with E-state index >= 15 is 0 Å². The highest BCUT2D eigenvalue weighted by atomic mass is 15.3. The van der Waals surface area contributed by atoms with Gasteiger partial charge >= 0.3 is 0 Å². The molecular formula is C14H14N4. The molecule has 0 atom stereocenters. The molecule has 0 radical (unpaired) electrons. The van der Waals surface area contributed by atoms with E-state index in [0.29, 0.717) is 11.4 Å². The maximum Gasteiger partial charge on any atom is 0.173 e. The van der Waals surface area contributed by atoms with E-state index in [-0.39, 0.29) is 0 Å². The van der Waals surface area contributed by atoms with Gasteiger partial charge in [-0.05, 0) is 31.5 Å². The van der Waals surface area contributed by atoms with Crippen molar-refractivity contribution in [3.8, 4) is 6.07 Å². The topological polar surface area (TPSA) is 52.8 Å². The second-order valence-electron chi connectivity index (χ2n) is 3.91. The molecule has 0 spiro atoms. The Labute approximate surface area is 107 Å². The van der Waals surface area contributed by atoms with Gasteiger partial charge in [0.05, 0.1) is 11.8 Å². The number of rotatable bonds is 3. The molecule has 1 heterocycles. The molecule has 0 saturated carbocycles. The Bertz CT molecular complexity index is 586. The van der Waals surface area contributed by atoms with Gasteiger partial charge in [-0.25, -0.2) is 0 Å². The van der Waals surface area contributed by atoms with Gasteiger partial charge in [0.15, 0.2) is 5.82 Å². The van der Waals surface area contributed by atoms with Crippen LogP contribution in [-0.4, -0.2) is 16.7 Å². The van der Waals surface area contributed by atoms with E-state index in [2.05, 4.69) is 16.3 Å². The zero-order valence-corrected chi connectivity index (χ0v) is 10.5.